The SMILES string of the molecule is Cc1nn(Cc2cccc(C(F)(F)F)c2)c(C)c1NC(=O)c1cnn2cccnc12. The summed E-state index contributed by atoms with van der Waals surface area (Å²) in [7, 11) is 0. The number of amides is 1. The van der Waals surface area contributed by atoms with E-state index in [1.807, 2.05) is 0 Å². The molecule has 0 aliphatic rings. The van der Waals surface area contributed by atoms with Crippen molar-refractivity contribution in [1.82, 2.24) is 24.4 Å². The van der Waals surface area contributed by atoms with Gasteiger partial charge in [-0.2, -0.15) is 23.4 Å². The number of nitrogens with zero attached hydrogens (tertiary/aromatic N) is 5. The van der Waals surface area contributed by atoms with Gasteiger partial charge in [0.15, 0.2) is 5.65 Å². The highest BCUT2D eigenvalue weighted by molar-refractivity contribution is 6.08. The molecule has 0 saturated heterocycles. The maximum atomic E-state index is 13.0. The molecule has 0 fully saturated rings. The Bertz CT molecular complexity index is 1240. The van der Waals surface area contributed by atoms with Crippen LogP contribution in [0.25, 0.3) is 5.65 Å². The number of carbonyl (C=O) groups excluding carboxylic acids is 1. The zero-order valence-corrected chi connectivity index (χ0v) is 16.1. The number of carbonyl (C=O) groups is 1. The topological polar surface area (TPSA) is 77.1 Å². The van der Waals surface area contributed by atoms with Gasteiger partial charge in [0.1, 0.15) is 5.56 Å². The summed E-state index contributed by atoms with van der Waals surface area (Å²) >= 11 is 0. The van der Waals surface area contributed by atoms with Crippen molar-refractivity contribution in [3.05, 3.63) is 77.0 Å². The summed E-state index contributed by atoms with van der Waals surface area (Å²) in [5.74, 6) is -0.395. The Morgan fingerprint density at radius 1 is 1.20 bits per heavy atom. The average molecular weight is 414 g/mol. The first-order chi connectivity index (χ1) is 14.2. The molecule has 1 N–H and O–H groups in total. The van der Waals surface area contributed by atoms with Crippen molar-refractivity contribution < 1.29 is 18.0 Å². The van der Waals surface area contributed by atoms with E-state index in [2.05, 4.69) is 20.5 Å². The van der Waals surface area contributed by atoms with E-state index in [9.17, 15) is 18.0 Å². The van der Waals surface area contributed by atoms with Gasteiger partial charge in [-0.25, -0.2) is 9.50 Å². The fourth-order valence-corrected chi connectivity index (χ4v) is 3.22. The van der Waals surface area contributed by atoms with E-state index in [0.29, 0.717) is 33.8 Å². The molecule has 154 valence electrons. The predicted molar refractivity (Wildman–Crippen MR) is 103 cm³/mol. The van der Waals surface area contributed by atoms with Crippen molar-refractivity contribution in [2.75, 3.05) is 5.32 Å². The summed E-state index contributed by atoms with van der Waals surface area (Å²) in [6, 6.07) is 6.80. The Hall–Kier alpha value is -3.69. The molecule has 0 spiro atoms. The zero-order chi connectivity index (χ0) is 21.5. The van der Waals surface area contributed by atoms with Crippen LogP contribution < -0.4 is 5.32 Å². The third-order valence-corrected chi connectivity index (χ3v) is 4.73. The van der Waals surface area contributed by atoms with Gasteiger partial charge >= 0.3 is 6.18 Å². The lowest BCUT2D eigenvalue weighted by atomic mass is 10.1. The number of benzene rings is 1. The summed E-state index contributed by atoms with van der Waals surface area (Å²) in [5, 5.41) is 11.3. The lowest BCUT2D eigenvalue weighted by Gasteiger charge is -2.10. The van der Waals surface area contributed by atoms with E-state index < -0.39 is 17.6 Å². The molecule has 1 aromatic carbocycles. The number of aryl methyl sites for hydroxylation is 1. The van der Waals surface area contributed by atoms with Crippen molar-refractivity contribution >= 4 is 17.2 Å². The second-order valence-corrected chi connectivity index (χ2v) is 6.80. The normalized spacial score (nSPS) is 11.8. The fraction of sp³-hybridized carbons (Fsp3) is 0.200. The number of fused-ring (bicyclic) bond motifs is 1. The largest absolute Gasteiger partial charge is 0.416 e. The van der Waals surface area contributed by atoms with E-state index in [0.717, 1.165) is 12.1 Å². The van der Waals surface area contributed by atoms with Gasteiger partial charge in [0.25, 0.3) is 5.91 Å². The standard InChI is InChI=1S/C20H17F3N6O/c1-12-17(26-19(30)16-10-25-28-8-4-7-24-18(16)28)13(2)29(27-12)11-14-5-3-6-15(9-14)20(21,22)23/h3-10H,11H2,1-2H3,(H,26,30). The average Bonchev–Trinajstić information content (AvgIpc) is 3.24. The second kappa shape index (κ2) is 7.29. The Labute approximate surface area is 169 Å². The fourth-order valence-electron chi connectivity index (χ4n) is 3.22. The van der Waals surface area contributed by atoms with Crippen LogP contribution in [0.1, 0.15) is 32.9 Å². The zero-order valence-electron chi connectivity index (χ0n) is 16.1. The number of alkyl halides is 3. The lowest BCUT2D eigenvalue weighted by molar-refractivity contribution is -0.137. The number of nitrogens with one attached hydrogen (secondary N) is 1. The molecule has 4 aromatic rings. The number of halogens is 3. The number of rotatable bonds is 4. The maximum Gasteiger partial charge on any atom is 0.416 e. The number of aromatic nitrogens is 5. The second-order valence-electron chi connectivity index (χ2n) is 6.80. The van der Waals surface area contributed by atoms with Gasteiger partial charge in [0.05, 0.1) is 35.4 Å². The van der Waals surface area contributed by atoms with Crippen molar-refractivity contribution in [2.45, 2.75) is 26.6 Å². The number of anilines is 1. The van der Waals surface area contributed by atoms with Gasteiger partial charge in [0, 0.05) is 12.4 Å². The highest BCUT2D eigenvalue weighted by Gasteiger charge is 2.30. The molecule has 1 amide bonds. The first kappa shape index (κ1) is 19.6. The molecule has 3 aromatic heterocycles. The summed E-state index contributed by atoms with van der Waals surface area (Å²) in [6.07, 6.45) is 0.266. The van der Waals surface area contributed by atoms with Crippen LogP contribution in [0.2, 0.25) is 0 Å². The number of hydrogen-bond acceptors (Lipinski definition) is 4. The molecule has 0 saturated carbocycles. The molecule has 7 nitrogen and oxygen atoms in total. The van der Waals surface area contributed by atoms with Gasteiger partial charge < -0.3 is 5.32 Å². The van der Waals surface area contributed by atoms with Crippen molar-refractivity contribution in [3.8, 4) is 0 Å². The first-order valence-corrected chi connectivity index (χ1v) is 9.04. The summed E-state index contributed by atoms with van der Waals surface area (Å²) in [4.78, 5) is 16.9. The van der Waals surface area contributed by atoms with Crippen LogP contribution in [0.3, 0.4) is 0 Å². The molecular formula is C20H17F3N6O. The van der Waals surface area contributed by atoms with Gasteiger partial charge in [0.2, 0.25) is 0 Å². The van der Waals surface area contributed by atoms with Crippen LogP contribution in [0.5, 0.6) is 0 Å². The van der Waals surface area contributed by atoms with Crippen LogP contribution >= 0.6 is 0 Å². The van der Waals surface area contributed by atoms with Crippen molar-refractivity contribution in [2.24, 2.45) is 0 Å². The lowest BCUT2D eigenvalue weighted by Crippen LogP contribution is -2.13. The highest BCUT2D eigenvalue weighted by atomic mass is 19.4. The summed E-state index contributed by atoms with van der Waals surface area (Å²) < 4.78 is 41.9. The molecule has 0 radical (unpaired) electrons. The molecule has 0 bridgehead atoms. The Morgan fingerprint density at radius 2 is 2.00 bits per heavy atom. The van der Waals surface area contributed by atoms with Gasteiger partial charge in [-0.05, 0) is 37.6 Å². The van der Waals surface area contributed by atoms with Crippen LogP contribution in [0.4, 0.5) is 18.9 Å². The predicted octanol–water partition coefficient (Wildman–Crippen LogP) is 3.86. The Kier molecular flexibility index (Phi) is 4.76. The van der Waals surface area contributed by atoms with Gasteiger partial charge in [-0.15, -0.1) is 0 Å². The molecule has 10 heteroatoms. The third-order valence-electron chi connectivity index (χ3n) is 4.73. The van der Waals surface area contributed by atoms with E-state index in [1.54, 1.807) is 43.1 Å². The summed E-state index contributed by atoms with van der Waals surface area (Å²) in [5.41, 5.74) is 2.15. The van der Waals surface area contributed by atoms with Gasteiger partial charge in [-0.3, -0.25) is 9.48 Å². The van der Waals surface area contributed by atoms with Crippen molar-refractivity contribution in [3.63, 3.8) is 0 Å². The molecule has 4 rings (SSSR count). The number of hydrogen-bond donors (Lipinski definition) is 1. The minimum absolute atomic E-state index is 0.144. The smallest absolute Gasteiger partial charge is 0.319 e. The first-order valence-electron chi connectivity index (χ1n) is 9.04. The molecule has 0 unspecified atom stereocenters. The molecule has 0 atom stereocenters. The molecular weight excluding hydrogens is 397 g/mol. The Morgan fingerprint density at radius 3 is 2.77 bits per heavy atom. The van der Waals surface area contributed by atoms with E-state index >= 15 is 0 Å². The third kappa shape index (κ3) is 3.63. The van der Waals surface area contributed by atoms with E-state index in [-0.39, 0.29) is 6.54 Å². The van der Waals surface area contributed by atoms with E-state index in [1.165, 1.54) is 16.8 Å². The van der Waals surface area contributed by atoms with Crippen LogP contribution in [-0.4, -0.2) is 30.3 Å². The van der Waals surface area contributed by atoms with Crippen LogP contribution in [0, 0.1) is 13.8 Å². The highest BCUT2D eigenvalue weighted by Crippen LogP contribution is 2.30. The van der Waals surface area contributed by atoms with Gasteiger partial charge in [-0.1, -0.05) is 12.1 Å². The maximum absolute atomic E-state index is 13.0. The molecule has 3 heterocycles. The van der Waals surface area contributed by atoms with Crippen LogP contribution in [-0.2, 0) is 12.7 Å². The minimum atomic E-state index is -4.41. The summed E-state index contributed by atoms with van der Waals surface area (Å²) in [6.45, 7) is 3.61. The Balaban J connectivity index is 1.59. The van der Waals surface area contributed by atoms with Crippen LogP contribution in [0.15, 0.2) is 48.9 Å². The quantitative estimate of drug-likeness (QED) is 0.550. The molecule has 30 heavy (non-hydrogen) atoms. The van der Waals surface area contributed by atoms with Crippen molar-refractivity contribution in [1.29, 1.82) is 0 Å². The van der Waals surface area contributed by atoms with E-state index in [4.69, 9.17) is 0 Å². The molecule has 0 aliphatic carbocycles. The minimum Gasteiger partial charge on any atom is -0.319 e. The molecule has 0 aliphatic heterocycles. The monoisotopic (exact) mass is 414 g/mol.